The number of imidazole rings is 1. The highest BCUT2D eigenvalue weighted by Gasteiger charge is 2.13. The molecule has 5 aromatic rings. The Kier molecular flexibility index (Phi) is 4.91. The van der Waals surface area contributed by atoms with E-state index in [2.05, 4.69) is 25.8 Å². The van der Waals surface area contributed by atoms with E-state index in [4.69, 9.17) is 0 Å². The van der Waals surface area contributed by atoms with E-state index >= 15 is 0 Å². The van der Waals surface area contributed by atoms with Gasteiger partial charge >= 0.3 is 0 Å². The Morgan fingerprint density at radius 1 is 1.03 bits per heavy atom. The first-order chi connectivity index (χ1) is 15.6. The molecule has 0 spiro atoms. The van der Waals surface area contributed by atoms with Crippen molar-refractivity contribution >= 4 is 22.6 Å². The summed E-state index contributed by atoms with van der Waals surface area (Å²) in [6, 6.07) is 19.0. The Morgan fingerprint density at radius 3 is 2.53 bits per heavy atom. The smallest absolute Gasteiger partial charge is 0.255 e. The number of benzene rings is 3. The van der Waals surface area contributed by atoms with Crippen LogP contribution in [0.5, 0.6) is 0 Å². The molecule has 9 heteroatoms. The van der Waals surface area contributed by atoms with Gasteiger partial charge in [0.05, 0.1) is 17.6 Å². The maximum absolute atomic E-state index is 13.4. The lowest BCUT2D eigenvalue weighted by atomic mass is 10.1. The number of carbonyl (C=O) groups excluding carboxylic acids is 1. The van der Waals surface area contributed by atoms with Crippen LogP contribution >= 0.6 is 0 Å². The number of nitrogens with one attached hydrogen (secondary N) is 1. The number of aryl methyl sites for hydroxylation is 1. The van der Waals surface area contributed by atoms with E-state index in [0.717, 1.165) is 28.1 Å². The number of anilines is 1. The molecule has 0 aliphatic carbocycles. The largest absolute Gasteiger partial charge is 0.322 e. The van der Waals surface area contributed by atoms with Gasteiger partial charge in [-0.1, -0.05) is 12.1 Å². The molecule has 0 saturated carbocycles. The van der Waals surface area contributed by atoms with Crippen molar-refractivity contribution in [3.63, 3.8) is 0 Å². The zero-order chi connectivity index (χ0) is 22.1. The molecule has 0 fully saturated rings. The average Bonchev–Trinajstić information content (AvgIpc) is 3.42. The molecule has 3 aromatic carbocycles. The van der Waals surface area contributed by atoms with E-state index in [1.54, 1.807) is 35.3 Å². The Morgan fingerprint density at radius 2 is 1.81 bits per heavy atom. The number of amides is 1. The first-order valence-corrected chi connectivity index (χ1v) is 9.93. The van der Waals surface area contributed by atoms with E-state index in [9.17, 15) is 9.18 Å². The van der Waals surface area contributed by atoms with Gasteiger partial charge in [0.25, 0.3) is 5.91 Å². The molecular weight excluding hydrogens is 409 g/mol. The lowest BCUT2D eigenvalue weighted by molar-refractivity contribution is 0.102. The number of aromatic nitrogens is 6. The number of carbonyl (C=O) groups is 1. The molecule has 1 amide bonds. The number of hydrogen-bond acceptors (Lipinski definition) is 5. The molecule has 158 valence electrons. The van der Waals surface area contributed by atoms with E-state index in [1.165, 1.54) is 12.1 Å². The minimum atomic E-state index is -0.306. The van der Waals surface area contributed by atoms with E-state index in [1.807, 2.05) is 41.8 Å². The third kappa shape index (κ3) is 3.83. The monoisotopic (exact) mass is 427 g/mol. The fourth-order valence-electron chi connectivity index (χ4n) is 3.59. The van der Waals surface area contributed by atoms with Crippen LogP contribution in [-0.4, -0.2) is 35.7 Å². The number of tetrazole rings is 1. The molecule has 5 rings (SSSR count). The summed E-state index contributed by atoms with van der Waals surface area (Å²) in [7, 11) is 0. The van der Waals surface area contributed by atoms with Gasteiger partial charge in [-0.2, -0.15) is 0 Å². The van der Waals surface area contributed by atoms with Gasteiger partial charge in [0.15, 0.2) is 0 Å². The second-order valence-corrected chi connectivity index (χ2v) is 7.33. The first kappa shape index (κ1) is 19.6. The maximum Gasteiger partial charge on any atom is 0.255 e. The predicted molar refractivity (Wildman–Crippen MR) is 117 cm³/mol. The van der Waals surface area contributed by atoms with E-state index < -0.39 is 0 Å². The molecule has 8 nitrogen and oxygen atoms in total. The van der Waals surface area contributed by atoms with Crippen LogP contribution in [0.25, 0.3) is 16.7 Å². The fourth-order valence-corrected chi connectivity index (χ4v) is 3.59. The second kappa shape index (κ2) is 8.03. The van der Waals surface area contributed by atoms with Crippen molar-refractivity contribution in [3.05, 3.63) is 95.8 Å². The van der Waals surface area contributed by atoms with Gasteiger partial charge in [-0.3, -0.25) is 9.36 Å². The molecule has 0 atom stereocenters. The maximum atomic E-state index is 13.4. The van der Waals surface area contributed by atoms with Gasteiger partial charge < -0.3 is 5.32 Å². The van der Waals surface area contributed by atoms with Crippen molar-refractivity contribution in [2.24, 2.45) is 0 Å². The quantitative estimate of drug-likeness (QED) is 0.461. The zero-order valence-corrected chi connectivity index (χ0v) is 17.1. The summed E-state index contributed by atoms with van der Waals surface area (Å²) in [4.78, 5) is 17.4. The number of hydrogen-bond donors (Lipinski definition) is 1. The molecule has 0 saturated heterocycles. The summed E-state index contributed by atoms with van der Waals surface area (Å²) in [5, 5.41) is 14.0. The molecule has 0 bridgehead atoms. The van der Waals surface area contributed by atoms with Crippen LogP contribution in [0.2, 0.25) is 0 Å². The van der Waals surface area contributed by atoms with Crippen molar-refractivity contribution < 1.29 is 9.18 Å². The standard InChI is InChI=1S/C23H18FN7O/c1-15-26-21-11-4-17(12-22(21)31(15)20-9-5-18(24)6-10-20)23(32)27-19-7-2-16(3-8-19)13-30-14-25-28-29-30/h2-12,14H,13H2,1H3,(H,27,32). The van der Waals surface area contributed by atoms with Gasteiger partial charge in [-0.25, -0.2) is 14.1 Å². The Balaban J connectivity index is 1.39. The van der Waals surface area contributed by atoms with Crippen molar-refractivity contribution in [2.45, 2.75) is 13.5 Å². The topological polar surface area (TPSA) is 90.5 Å². The summed E-state index contributed by atoms with van der Waals surface area (Å²) in [6.07, 6.45) is 1.55. The molecule has 0 unspecified atom stereocenters. The molecule has 0 aliphatic rings. The van der Waals surface area contributed by atoms with Gasteiger partial charge in [-0.05, 0) is 77.5 Å². The van der Waals surface area contributed by atoms with Gasteiger partial charge in [0, 0.05) is 16.9 Å². The summed E-state index contributed by atoms with van der Waals surface area (Å²) in [5.74, 6) is 0.215. The number of nitrogens with zero attached hydrogens (tertiary/aromatic N) is 6. The van der Waals surface area contributed by atoms with Crippen molar-refractivity contribution in [2.75, 3.05) is 5.32 Å². The van der Waals surface area contributed by atoms with Crippen LogP contribution < -0.4 is 5.32 Å². The first-order valence-electron chi connectivity index (χ1n) is 9.93. The summed E-state index contributed by atoms with van der Waals surface area (Å²) in [6.45, 7) is 2.42. The molecular formula is C23H18FN7O. The molecule has 1 N–H and O–H groups in total. The minimum absolute atomic E-state index is 0.232. The Labute approximate surface area is 182 Å². The van der Waals surface area contributed by atoms with Crippen LogP contribution in [0.4, 0.5) is 10.1 Å². The van der Waals surface area contributed by atoms with Gasteiger partial charge in [-0.15, -0.1) is 5.10 Å². The molecule has 32 heavy (non-hydrogen) atoms. The molecule has 2 aromatic heterocycles. The fraction of sp³-hybridized carbons (Fsp3) is 0.0870. The lowest BCUT2D eigenvalue weighted by Gasteiger charge is -2.09. The molecule has 0 aliphatic heterocycles. The van der Waals surface area contributed by atoms with Crippen LogP contribution in [0.15, 0.2) is 73.1 Å². The average molecular weight is 427 g/mol. The number of rotatable bonds is 5. The van der Waals surface area contributed by atoms with Crippen molar-refractivity contribution in [1.29, 1.82) is 0 Å². The molecule has 0 radical (unpaired) electrons. The zero-order valence-electron chi connectivity index (χ0n) is 17.1. The summed E-state index contributed by atoms with van der Waals surface area (Å²) < 4.78 is 16.9. The Hall–Kier alpha value is -4.40. The SMILES string of the molecule is Cc1nc2ccc(C(=O)Nc3ccc(Cn4cnnn4)cc3)cc2n1-c1ccc(F)cc1. The van der Waals surface area contributed by atoms with E-state index in [-0.39, 0.29) is 11.7 Å². The normalized spacial score (nSPS) is 11.1. The van der Waals surface area contributed by atoms with Crippen molar-refractivity contribution in [3.8, 4) is 5.69 Å². The number of fused-ring (bicyclic) bond motifs is 1. The Bertz CT molecular complexity index is 1390. The highest BCUT2D eigenvalue weighted by atomic mass is 19.1. The lowest BCUT2D eigenvalue weighted by Crippen LogP contribution is -2.12. The highest BCUT2D eigenvalue weighted by Crippen LogP contribution is 2.23. The third-order valence-electron chi connectivity index (χ3n) is 5.12. The number of halogens is 1. The van der Waals surface area contributed by atoms with Crippen LogP contribution in [0.3, 0.4) is 0 Å². The van der Waals surface area contributed by atoms with Crippen LogP contribution in [-0.2, 0) is 6.54 Å². The van der Waals surface area contributed by atoms with Gasteiger partial charge in [0.1, 0.15) is 18.0 Å². The van der Waals surface area contributed by atoms with Gasteiger partial charge in [0.2, 0.25) is 0 Å². The second-order valence-electron chi connectivity index (χ2n) is 7.33. The van der Waals surface area contributed by atoms with Crippen LogP contribution in [0.1, 0.15) is 21.7 Å². The minimum Gasteiger partial charge on any atom is -0.322 e. The van der Waals surface area contributed by atoms with Crippen LogP contribution in [0, 0.1) is 12.7 Å². The predicted octanol–water partition coefficient (Wildman–Crippen LogP) is 3.76. The summed E-state index contributed by atoms with van der Waals surface area (Å²) in [5.41, 5.74) is 4.50. The van der Waals surface area contributed by atoms with Crippen molar-refractivity contribution in [1.82, 2.24) is 29.8 Å². The third-order valence-corrected chi connectivity index (χ3v) is 5.12. The van der Waals surface area contributed by atoms with E-state index in [0.29, 0.717) is 17.8 Å². The highest BCUT2D eigenvalue weighted by molar-refractivity contribution is 6.06. The summed E-state index contributed by atoms with van der Waals surface area (Å²) >= 11 is 0. The molecule has 2 heterocycles.